The van der Waals surface area contributed by atoms with Crippen LogP contribution in [0.4, 0.5) is 0 Å². The summed E-state index contributed by atoms with van der Waals surface area (Å²) in [6.45, 7) is 0.681. The number of carbonyl (C=O) groups excluding carboxylic acids is 1. The highest BCUT2D eigenvalue weighted by Crippen LogP contribution is 2.41. The molecular weight excluding hydrogens is 394 g/mol. The first kappa shape index (κ1) is 20.5. The fourth-order valence-electron chi connectivity index (χ4n) is 4.21. The number of allylic oxidation sites excluding steroid dienone is 2. The summed E-state index contributed by atoms with van der Waals surface area (Å²) in [6, 6.07) is 21.1. The SMILES string of the molecule is CN(C)CC1CC(c2ccc(S(C)(=O)=O)cc2)=C(c2ccc3ccccc3c2)C1=O. The molecule has 30 heavy (non-hydrogen) atoms. The van der Waals surface area contributed by atoms with E-state index in [0.29, 0.717) is 13.0 Å². The van der Waals surface area contributed by atoms with Gasteiger partial charge in [-0.1, -0.05) is 48.5 Å². The zero-order chi connectivity index (χ0) is 21.5. The van der Waals surface area contributed by atoms with E-state index in [1.807, 2.05) is 49.3 Å². The van der Waals surface area contributed by atoms with Gasteiger partial charge in [0.15, 0.2) is 15.6 Å². The van der Waals surface area contributed by atoms with Crippen molar-refractivity contribution in [2.75, 3.05) is 26.9 Å². The van der Waals surface area contributed by atoms with Crippen molar-refractivity contribution < 1.29 is 13.2 Å². The first-order chi connectivity index (χ1) is 14.2. The molecule has 1 unspecified atom stereocenters. The summed E-state index contributed by atoms with van der Waals surface area (Å²) < 4.78 is 23.7. The molecule has 4 rings (SSSR count). The number of fused-ring (bicyclic) bond motifs is 1. The monoisotopic (exact) mass is 419 g/mol. The molecule has 0 spiro atoms. The maximum Gasteiger partial charge on any atom is 0.175 e. The van der Waals surface area contributed by atoms with Gasteiger partial charge in [0.25, 0.3) is 0 Å². The van der Waals surface area contributed by atoms with Crippen molar-refractivity contribution in [2.45, 2.75) is 11.3 Å². The Hall–Kier alpha value is -2.76. The second-order valence-electron chi connectivity index (χ2n) is 8.24. The maximum atomic E-state index is 13.4. The minimum atomic E-state index is -3.26. The molecule has 1 aliphatic carbocycles. The third kappa shape index (κ3) is 3.95. The van der Waals surface area contributed by atoms with Gasteiger partial charge in [-0.05, 0) is 66.2 Å². The van der Waals surface area contributed by atoms with Crippen LogP contribution in [0.25, 0.3) is 21.9 Å². The lowest BCUT2D eigenvalue weighted by Crippen LogP contribution is -2.25. The van der Waals surface area contributed by atoms with Crippen LogP contribution in [-0.4, -0.2) is 46.0 Å². The summed E-state index contributed by atoms with van der Waals surface area (Å²) in [5.74, 6) is 0.0484. The molecule has 0 saturated carbocycles. The minimum Gasteiger partial charge on any atom is -0.309 e. The van der Waals surface area contributed by atoms with Crippen LogP contribution in [0.5, 0.6) is 0 Å². The van der Waals surface area contributed by atoms with Gasteiger partial charge in [-0.25, -0.2) is 8.42 Å². The Kier molecular flexibility index (Phi) is 5.35. The molecule has 0 bridgehead atoms. The number of nitrogens with zero attached hydrogens (tertiary/aromatic N) is 1. The summed E-state index contributed by atoms with van der Waals surface area (Å²) in [7, 11) is 0.688. The van der Waals surface area contributed by atoms with Gasteiger partial charge in [-0.2, -0.15) is 0 Å². The van der Waals surface area contributed by atoms with Gasteiger partial charge in [0.1, 0.15) is 0 Å². The van der Waals surface area contributed by atoms with Crippen LogP contribution in [0.15, 0.2) is 71.6 Å². The average molecular weight is 420 g/mol. The number of sulfone groups is 1. The van der Waals surface area contributed by atoms with Crippen molar-refractivity contribution in [3.63, 3.8) is 0 Å². The molecule has 3 aromatic carbocycles. The first-order valence-electron chi connectivity index (χ1n) is 9.96. The molecular formula is C25H25NO3S. The van der Waals surface area contributed by atoms with Crippen LogP contribution in [0.1, 0.15) is 17.5 Å². The largest absolute Gasteiger partial charge is 0.309 e. The number of rotatable bonds is 5. The third-order valence-electron chi connectivity index (χ3n) is 5.62. The fraction of sp³-hybridized carbons (Fsp3) is 0.240. The highest BCUT2D eigenvalue weighted by Gasteiger charge is 2.34. The molecule has 1 aliphatic rings. The van der Waals surface area contributed by atoms with E-state index >= 15 is 0 Å². The Morgan fingerprint density at radius 1 is 0.900 bits per heavy atom. The molecule has 4 nitrogen and oxygen atoms in total. The predicted molar refractivity (Wildman–Crippen MR) is 122 cm³/mol. The lowest BCUT2D eigenvalue weighted by Gasteiger charge is -2.15. The highest BCUT2D eigenvalue weighted by atomic mass is 32.2. The predicted octanol–water partition coefficient (Wildman–Crippen LogP) is 4.30. The van der Waals surface area contributed by atoms with Gasteiger partial charge in [0.05, 0.1) is 4.90 Å². The van der Waals surface area contributed by atoms with Gasteiger partial charge in [0, 0.05) is 24.3 Å². The Labute approximate surface area is 177 Å². The summed E-state index contributed by atoms with van der Waals surface area (Å²) >= 11 is 0. The number of Topliss-reactive ketones (excluding diaryl/α,β-unsaturated/α-hetero) is 1. The molecule has 1 atom stereocenters. The second-order valence-corrected chi connectivity index (χ2v) is 10.3. The van der Waals surface area contributed by atoms with E-state index in [4.69, 9.17) is 0 Å². The number of hydrogen-bond donors (Lipinski definition) is 0. The number of carbonyl (C=O) groups is 1. The van der Waals surface area contributed by atoms with E-state index in [0.717, 1.165) is 33.0 Å². The summed E-state index contributed by atoms with van der Waals surface area (Å²) in [5, 5.41) is 2.23. The lowest BCUT2D eigenvalue weighted by molar-refractivity contribution is -0.117. The van der Waals surface area contributed by atoms with Crippen molar-refractivity contribution in [3.05, 3.63) is 77.9 Å². The second kappa shape index (κ2) is 7.82. The van der Waals surface area contributed by atoms with Gasteiger partial charge in [-0.3, -0.25) is 4.79 Å². The van der Waals surface area contributed by atoms with Crippen LogP contribution < -0.4 is 0 Å². The summed E-state index contributed by atoms with van der Waals surface area (Å²) in [5.41, 5.74) is 3.56. The molecule has 0 amide bonds. The molecule has 0 radical (unpaired) electrons. The van der Waals surface area contributed by atoms with E-state index < -0.39 is 9.84 Å². The van der Waals surface area contributed by atoms with Gasteiger partial charge in [0.2, 0.25) is 0 Å². The maximum absolute atomic E-state index is 13.4. The standard InChI is InChI=1S/C25H25NO3S/c1-26(2)16-21-15-23(18-10-12-22(13-11-18)30(3,28)29)24(25(21)27)20-9-8-17-6-4-5-7-19(17)14-20/h4-14,21H,15-16H2,1-3H3. The number of benzene rings is 3. The van der Waals surface area contributed by atoms with Gasteiger partial charge >= 0.3 is 0 Å². The van der Waals surface area contributed by atoms with Crippen LogP contribution in [-0.2, 0) is 14.6 Å². The Bertz CT molecular complexity index is 1260. The molecule has 0 fully saturated rings. The molecule has 0 aliphatic heterocycles. The number of ketones is 1. The smallest absolute Gasteiger partial charge is 0.175 e. The van der Waals surface area contributed by atoms with Gasteiger partial charge < -0.3 is 4.90 Å². The molecule has 0 aromatic heterocycles. The fourth-order valence-corrected chi connectivity index (χ4v) is 4.84. The molecule has 0 N–H and O–H groups in total. The van der Waals surface area contributed by atoms with E-state index in [1.54, 1.807) is 12.1 Å². The van der Waals surface area contributed by atoms with Crippen LogP contribution >= 0.6 is 0 Å². The highest BCUT2D eigenvalue weighted by molar-refractivity contribution is 7.90. The molecule has 0 heterocycles. The van der Waals surface area contributed by atoms with Crippen molar-refractivity contribution in [1.29, 1.82) is 0 Å². The Balaban J connectivity index is 1.84. The van der Waals surface area contributed by atoms with Crippen molar-refractivity contribution >= 4 is 37.5 Å². The molecule has 5 heteroatoms. The van der Waals surface area contributed by atoms with E-state index in [1.165, 1.54) is 6.26 Å². The average Bonchev–Trinajstić information content (AvgIpc) is 3.02. The van der Waals surface area contributed by atoms with E-state index in [-0.39, 0.29) is 16.6 Å². The van der Waals surface area contributed by atoms with E-state index in [9.17, 15) is 13.2 Å². The van der Waals surface area contributed by atoms with E-state index in [2.05, 4.69) is 24.3 Å². The topological polar surface area (TPSA) is 54.5 Å². The Morgan fingerprint density at radius 2 is 1.53 bits per heavy atom. The zero-order valence-electron chi connectivity index (χ0n) is 17.4. The van der Waals surface area contributed by atoms with Gasteiger partial charge in [-0.15, -0.1) is 0 Å². The first-order valence-corrected chi connectivity index (χ1v) is 11.8. The molecule has 3 aromatic rings. The van der Waals surface area contributed by atoms with Crippen LogP contribution in [0.2, 0.25) is 0 Å². The summed E-state index contributed by atoms with van der Waals surface area (Å²) in [4.78, 5) is 15.7. The van der Waals surface area contributed by atoms with Crippen molar-refractivity contribution in [1.82, 2.24) is 4.90 Å². The lowest BCUT2D eigenvalue weighted by atomic mass is 9.95. The Morgan fingerprint density at radius 3 is 2.17 bits per heavy atom. The normalized spacial score (nSPS) is 17.3. The van der Waals surface area contributed by atoms with Crippen LogP contribution in [0.3, 0.4) is 0 Å². The van der Waals surface area contributed by atoms with Crippen molar-refractivity contribution in [3.8, 4) is 0 Å². The quantitative estimate of drug-likeness (QED) is 0.619. The minimum absolute atomic E-state index is 0.106. The molecule has 0 saturated heterocycles. The molecule has 154 valence electrons. The number of hydrogen-bond acceptors (Lipinski definition) is 4. The third-order valence-corrected chi connectivity index (χ3v) is 6.75. The van der Waals surface area contributed by atoms with Crippen molar-refractivity contribution in [2.24, 2.45) is 5.92 Å². The zero-order valence-corrected chi connectivity index (χ0v) is 18.2. The summed E-state index contributed by atoms with van der Waals surface area (Å²) in [6.07, 6.45) is 1.85. The van der Waals surface area contributed by atoms with Crippen LogP contribution in [0, 0.1) is 5.92 Å².